The van der Waals surface area contributed by atoms with Gasteiger partial charge in [0.15, 0.2) is 0 Å². The Kier molecular flexibility index (Phi) is 3.47. The normalized spacial score (nSPS) is 9.92. The van der Waals surface area contributed by atoms with E-state index in [9.17, 15) is 0 Å². The van der Waals surface area contributed by atoms with E-state index in [1.165, 1.54) is 0 Å². The minimum absolute atomic E-state index is 0.855. The lowest BCUT2D eigenvalue weighted by Gasteiger charge is -2.05. The monoisotopic (exact) mass is 229 g/mol. The molecule has 0 aliphatic heterocycles. The molecule has 1 aromatic heterocycles. The predicted octanol–water partition coefficient (Wildman–Crippen LogP) is 2.23. The molecule has 12 heavy (non-hydrogen) atoms. The highest BCUT2D eigenvalue weighted by atomic mass is 79.9. The zero-order chi connectivity index (χ0) is 8.97. The summed E-state index contributed by atoms with van der Waals surface area (Å²) in [6.07, 6.45) is 3.66. The fraction of sp³-hybridized carbons (Fsp3) is 0.500. The summed E-state index contributed by atoms with van der Waals surface area (Å²) in [6.45, 7) is 2.13. The van der Waals surface area contributed by atoms with Gasteiger partial charge >= 0.3 is 0 Å². The molecule has 0 atom stereocenters. The van der Waals surface area contributed by atoms with Gasteiger partial charge in [0.1, 0.15) is 12.1 Å². The summed E-state index contributed by atoms with van der Waals surface area (Å²) in [4.78, 5) is 8.25. The van der Waals surface area contributed by atoms with Gasteiger partial charge in [0.25, 0.3) is 0 Å². The van der Waals surface area contributed by atoms with Gasteiger partial charge in [0.05, 0.1) is 10.2 Å². The third-order valence-corrected chi connectivity index (χ3v) is 2.42. The Morgan fingerprint density at radius 2 is 2.25 bits per heavy atom. The molecule has 0 aromatic carbocycles. The van der Waals surface area contributed by atoms with Crippen LogP contribution in [0.1, 0.15) is 19.0 Å². The second-order valence-corrected chi connectivity index (χ2v) is 3.28. The van der Waals surface area contributed by atoms with Gasteiger partial charge in [-0.3, -0.25) is 0 Å². The molecule has 0 amide bonds. The minimum atomic E-state index is 0.855. The van der Waals surface area contributed by atoms with Gasteiger partial charge in [0, 0.05) is 7.05 Å². The van der Waals surface area contributed by atoms with E-state index in [2.05, 4.69) is 38.1 Å². The first-order valence-electron chi connectivity index (χ1n) is 3.96. The second kappa shape index (κ2) is 4.40. The lowest BCUT2D eigenvalue weighted by atomic mass is 10.2. The molecule has 0 unspecified atom stereocenters. The number of nitrogens with one attached hydrogen (secondary N) is 1. The van der Waals surface area contributed by atoms with E-state index in [0.717, 1.165) is 28.8 Å². The molecule has 0 fully saturated rings. The Bertz CT molecular complexity index is 262. The SMILES string of the molecule is CCCc1ncnc(NC)c1Br. The van der Waals surface area contributed by atoms with E-state index in [1.54, 1.807) is 6.33 Å². The molecule has 66 valence electrons. The van der Waals surface area contributed by atoms with Crippen molar-refractivity contribution in [2.24, 2.45) is 0 Å². The second-order valence-electron chi connectivity index (χ2n) is 2.48. The van der Waals surface area contributed by atoms with Crippen molar-refractivity contribution < 1.29 is 0 Å². The summed E-state index contributed by atoms with van der Waals surface area (Å²) in [7, 11) is 1.85. The van der Waals surface area contributed by atoms with Crippen LogP contribution in [0.15, 0.2) is 10.8 Å². The summed E-state index contributed by atoms with van der Waals surface area (Å²) in [5.41, 5.74) is 1.07. The molecule has 1 rings (SSSR count). The van der Waals surface area contributed by atoms with E-state index in [-0.39, 0.29) is 0 Å². The van der Waals surface area contributed by atoms with E-state index in [0.29, 0.717) is 0 Å². The molecular formula is C8H12BrN3. The molecule has 0 spiro atoms. The summed E-state index contributed by atoms with van der Waals surface area (Å²) in [5, 5.41) is 3.00. The molecule has 0 bridgehead atoms. The largest absolute Gasteiger partial charge is 0.372 e. The number of halogens is 1. The van der Waals surface area contributed by atoms with Gasteiger partial charge in [0.2, 0.25) is 0 Å². The van der Waals surface area contributed by atoms with E-state index in [1.807, 2.05) is 7.05 Å². The molecule has 4 heteroatoms. The number of nitrogens with zero attached hydrogens (tertiary/aromatic N) is 2. The molecule has 1 heterocycles. The van der Waals surface area contributed by atoms with Crippen LogP contribution in [-0.2, 0) is 6.42 Å². The quantitative estimate of drug-likeness (QED) is 0.865. The van der Waals surface area contributed by atoms with Crippen molar-refractivity contribution in [3.05, 3.63) is 16.5 Å². The standard InChI is InChI=1S/C8H12BrN3/c1-3-4-6-7(9)8(10-2)12-5-11-6/h5H,3-4H2,1-2H3,(H,10,11,12). The predicted molar refractivity (Wildman–Crippen MR) is 53.3 cm³/mol. The first kappa shape index (κ1) is 9.45. The van der Waals surface area contributed by atoms with Crippen LogP contribution < -0.4 is 5.32 Å². The number of hydrogen-bond donors (Lipinski definition) is 1. The first-order chi connectivity index (χ1) is 5.79. The van der Waals surface area contributed by atoms with Crippen molar-refractivity contribution in [3.63, 3.8) is 0 Å². The fourth-order valence-corrected chi connectivity index (χ4v) is 1.59. The average molecular weight is 230 g/mol. The maximum Gasteiger partial charge on any atom is 0.143 e. The molecule has 0 aliphatic rings. The summed E-state index contributed by atoms with van der Waals surface area (Å²) in [5.74, 6) is 0.855. The third kappa shape index (κ3) is 1.94. The van der Waals surface area contributed by atoms with Crippen molar-refractivity contribution in [1.82, 2.24) is 9.97 Å². The zero-order valence-corrected chi connectivity index (χ0v) is 8.85. The van der Waals surface area contributed by atoms with Crippen molar-refractivity contribution in [2.75, 3.05) is 12.4 Å². The third-order valence-electron chi connectivity index (χ3n) is 1.59. The average Bonchev–Trinajstić information content (AvgIpc) is 2.09. The van der Waals surface area contributed by atoms with Crippen LogP contribution in [0.2, 0.25) is 0 Å². The van der Waals surface area contributed by atoms with Crippen LogP contribution in [0, 0.1) is 0 Å². The molecule has 0 saturated carbocycles. The minimum Gasteiger partial charge on any atom is -0.372 e. The maximum absolute atomic E-state index is 4.18. The van der Waals surface area contributed by atoms with Crippen LogP contribution >= 0.6 is 15.9 Å². The lowest BCUT2D eigenvalue weighted by molar-refractivity contribution is 0.866. The lowest BCUT2D eigenvalue weighted by Crippen LogP contribution is -1.99. The molecule has 1 aromatic rings. The van der Waals surface area contributed by atoms with Gasteiger partial charge in [-0.1, -0.05) is 13.3 Å². The molecule has 0 saturated heterocycles. The highest BCUT2D eigenvalue weighted by Crippen LogP contribution is 2.22. The number of rotatable bonds is 3. The smallest absolute Gasteiger partial charge is 0.143 e. The van der Waals surface area contributed by atoms with E-state index in [4.69, 9.17) is 0 Å². The Balaban J connectivity index is 2.97. The summed E-state index contributed by atoms with van der Waals surface area (Å²) in [6, 6.07) is 0. The van der Waals surface area contributed by atoms with Crippen molar-refractivity contribution in [1.29, 1.82) is 0 Å². The Morgan fingerprint density at radius 3 is 2.83 bits per heavy atom. The van der Waals surface area contributed by atoms with Gasteiger partial charge in [-0.15, -0.1) is 0 Å². The van der Waals surface area contributed by atoms with Crippen LogP contribution in [0.3, 0.4) is 0 Å². The van der Waals surface area contributed by atoms with Gasteiger partial charge in [-0.05, 0) is 22.4 Å². The van der Waals surface area contributed by atoms with Crippen molar-refractivity contribution >= 4 is 21.7 Å². The van der Waals surface area contributed by atoms with Crippen LogP contribution in [-0.4, -0.2) is 17.0 Å². The Morgan fingerprint density at radius 1 is 1.50 bits per heavy atom. The van der Waals surface area contributed by atoms with Gasteiger partial charge < -0.3 is 5.32 Å². The van der Waals surface area contributed by atoms with E-state index >= 15 is 0 Å². The van der Waals surface area contributed by atoms with Crippen molar-refractivity contribution in [2.45, 2.75) is 19.8 Å². The number of aromatic nitrogens is 2. The van der Waals surface area contributed by atoms with Gasteiger partial charge in [-0.25, -0.2) is 9.97 Å². The first-order valence-corrected chi connectivity index (χ1v) is 4.76. The molecule has 0 radical (unpaired) electrons. The number of anilines is 1. The molecule has 3 nitrogen and oxygen atoms in total. The zero-order valence-electron chi connectivity index (χ0n) is 7.26. The van der Waals surface area contributed by atoms with Gasteiger partial charge in [-0.2, -0.15) is 0 Å². The maximum atomic E-state index is 4.18. The Hall–Kier alpha value is -0.640. The molecule has 1 N–H and O–H groups in total. The Labute approximate surface area is 80.7 Å². The summed E-state index contributed by atoms with van der Waals surface area (Å²) < 4.78 is 0.981. The highest BCUT2D eigenvalue weighted by Gasteiger charge is 2.05. The fourth-order valence-electron chi connectivity index (χ4n) is 0.992. The molecular weight excluding hydrogens is 218 g/mol. The van der Waals surface area contributed by atoms with Crippen molar-refractivity contribution in [3.8, 4) is 0 Å². The van der Waals surface area contributed by atoms with Crippen LogP contribution in [0.4, 0.5) is 5.82 Å². The number of aryl methyl sites for hydroxylation is 1. The summed E-state index contributed by atoms with van der Waals surface area (Å²) >= 11 is 3.45. The van der Waals surface area contributed by atoms with Crippen LogP contribution in [0.25, 0.3) is 0 Å². The molecule has 0 aliphatic carbocycles. The van der Waals surface area contributed by atoms with Crippen LogP contribution in [0.5, 0.6) is 0 Å². The topological polar surface area (TPSA) is 37.8 Å². The number of hydrogen-bond acceptors (Lipinski definition) is 3. The highest BCUT2D eigenvalue weighted by molar-refractivity contribution is 9.10. The van der Waals surface area contributed by atoms with E-state index < -0.39 is 0 Å².